The van der Waals surface area contributed by atoms with Gasteiger partial charge in [0.15, 0.2) is 0 Å². The third-order valence-corrected chi connectivity index (χ3v) is 2.69. The normalized spacial score (nSPS) is 23.1. The second kappa shape index (κ2) is 16.8. The fourth-order valence-electron chi connectivity index (χ4n) is 1.49. The minimum Gasteiger partial charge on any atom is -0.481 e. The van der Waals surface area contributed by atoms with Crippen LogP contribution in [-0.4, -0.2) is 22.3 Å². The highest BCUT2D eigenvalue weighted by Crippen LogP contribution is 2.02. The molecule has 0 saturated carbocycles. The molecule has 130 valence electrons. The average Bonchev–Trinajstić information content (AvgIpc) is 2.66. The lowest BCUT2D eigenvalue weighted by atomic mass is 10.2. The molecule has 0 radical (unpaired) electrons. The Hall–Kier alpha value is -1.61. The second-order valence-corrected chi connectivity index (χ2v) is 4.82. The van der Waals surface area contributed by atoms with Crippen LogP contribution in [0.3, 0.4) is 0 Å². The summed E-state index contributed by atoms with van der Waals surface area (Å²) in [6, 6.07) is -2.21. The van der Waals surface area contributed by atoms with E-state index < -0.39 is 36.6 Å². The number of carboxylic acids is 1. The first-order valence-electron chi connectivity index (χ1n) is 11.9. The SMILES string of the molecule is [2H]C(/C=C(\[2H])[C@]([2H])(O)C/C([2H])=C(/[2H])C/C([2H])=C(/[2H])CCCCC)=C(\[2H])CCCC(=O)O. The van der Waals surface area contributed by atoms with Gasteiger partial charge in [0.1, 0.15) is 0 Å². The predicted molar refractivity (Wildman–Crippen MR) is 97.4 cm³/mol. The van der Waals surface area contributed by atoms with Gasteiger partial charge in [0.25, 0.3) is 0 Å². The average molecular weight is 329 g/mol. The van der Waals surface area contributed by atoms with E-state index in [0.717, 1.165) is 25.3 Å². The summed E-state index contributed by atoms with van der Waals surface area (Å²) in [6.07, 6.45) is 0.270. The van der Waals surface area contributed by atoms with Crippen molar-refractivity contribution in [2.75, 3.05) is 0 Å². The van der Waals surface area contributed by atoms with E-state index in [4.69, 9.17) is 16.1 Å². The van der Waals surface area contributed by atoms with Crippen LogP contribution in [0.15, 0.2) is 48.4 Å². The van der Waals surface area contributed by atoms with Crippen molar-refractivity contribution in [3.63, 3.8) is 0 Å². The van der Waals surface area contributed by atoms with Gasteiger partial charge in [-0.2, -0.15) is 0 Å². The van der Waals surface area contributed by atoms with Crippen molar-refractivity contribution in [3.05, 3.63) is 48.4 Å². The van der Waals surface area contributed by atoms with Crippen molar-refractivity contribution in [1.29, 1.82) is 0 Å². The Morgan fingerprint density at radius 2 is 1.87 bits per heavy atom. The van der Waals surface area contributed by atoms with Crippen LogP contribution >= 0.6 is 0 Å². The number of carboxylic acid groups (broad SMARTS) is 1. The standard InChI is InChI=1S/C20H32O3/c1-2-3-4-5-6-7-8-10-13-16-19(21)17-14-11-9-12-15-18-20(22)23/h6-7,9-11,13-14,17,19,21H,2-5,8,12,15-16,18H2,1H3,(H,22,23)/b7-6-,11-9-,13-10-,17-14+/t19-/m1/s1/i6D,7D,9D,10D,11D,13D,17D,19D. The third-order valence-electron chi connectivity index (χ3n) is 2.69. The Balaban J connectivity index is 5.23. The van der Waals surface area contributed by atoms with Crippen LogP contribution < -0.4 is 0 Å². The van der Waals surface area contributed by atoms with Crippen molar-refractivity contribution in [1.82, 2.24) is 0 Å². The molecule has 0 fully saturated rings. The van der Waals surface area contributed by atoms with Crippen LogP contribution in [0.1, 0.15) is 75.7 Å². The molecule has 0 rings (SSSR count). The Morgan fingerprint density at radius 3 is 2.61 bits per heavy atom. The first-order chi connectivity index (χ1) is 14.3. The van der Waals surface area contributed by atoms with E-state index in [2.05, 4.69) is 0 Å². The molecule has 0 aliphatic rings. The van der Waals surface area contributed by atoms with Crippen molar-refractivity contribution in [2.45, 2.75) is 70.8 Å². The van der Waals surface area contributed by atoms with Gasteiger partial charge in [-0.15, -0.1) is 0 Å². The monoisotopic (exact) mass is 328 g/mol. The van der Waals surface area contributed by atoms with Gasteiger partial charge in [-0.1, -0.05) is 68.2 Å². The molecule has 0 aliphatic carbocycles. The van der Waals surface area contributed by atoms with Crippen molar-refractivity contribution < 1.29 is 26.0 Å². The maximum Gasteiger partial charge on any atom is 0.303 e. The summed E-state index contributed by atoms with van der Waals surface area (Å²) in [7, 11) is 0. The van der Waals surface area contributed by atoms with Gasteiger partial charge in [0.2, 0.25) is 0 Å². The summed E-state index contributed by atoms with van der Waals surface area (Å²) in [6.45, 7) is 2.02. The van der Waals surface area contributed by atoms with Crippen LogP contribution in [0.5, 0.6) is 0 Å². The Labute approximate surface area is 152 Å². The first kappa shape index (κ1) is 11.0. The molecule has 0 aliphatic heterocycles. The first-order valence-corrected chi connectivity index (χ1v) is 7.91. The van der Waals surface area contributed by atoms with E-state index in [-0.39, 0.29) is 49.9 Å². The lowest BCUT2D eigenvalue weighted by Gasteiger charge is -1.98. The van der Waals surface area contributed by atoms with E-state index in [1.165, 1.54) is 0 Å². The molecule has 2 N–H and O–H groups in total. The number of aliphatic hydroxyl groups is 1. The molecule has 1 atom stereocenters. The van der Waals surface area contributed by atoms with Gasteiger partial charge < -0.3 is 10.2 Å². The highest BCUT2D eigenvalue weighted by molar-refractivity contribution is 5.66. The molecule has 3 nitrogen and oxygen atoms in total. The lowest BCUT2D eigenvalue weighted by Crippen LogP contribution is -1.98. The largest absolute Gasteiger partial charge is 0.481 e. The van der Waals surface area contributed by atoms with E-state index in [0.29, 0.717) is 6.42 Å². The summed E-state index contributed by atoms with van der Waals surface area (Å²) in [5.74, 6) is -1.03. The molecule has 0 aromatic carbocycles. The molecule has 0 heterocycles. The third kappa shape index (κ3) is 18.3. The van der Waals surface area contributed by atoms with Crippen LogP contribution in [0, 0.1) is 0 Å². The fraction of sp³-hybridized carbons (Fsp3) is 0.550. The van der Waals surface area contributed by atoms with E-state index in [9.17, 15) is 9.90 Å². The molecule has 0 aromatic heterocycles. The maximum absolute atomic E-state index is 10.5. The second-order valence-electron chi connectivity index (χ2n) is 4.82. The number of hydrogen-bond donors (Lipinski definition) is 2. The number of allylic oxidation sites excluding steroid dienone is 6. The zero-order chi connectivity index (χ0) is 24.2. The minimum absolute atomic E-state index is 0.00185. The predicted octanol–water partition coefficient (Wildman–Crippen LogP) is 5.19. The molecular formula is C20H32O3. The molecule has 0 saturated heterocycles. The topological polar surface area (TPSA) is 57.5 Å². The van der Waals surface area contributed by atoms with Crippen LogP contribution in [0.25, 0.3) is 0 Å². The molecule has 0 aromatic rings. The zero-order valence-corrected chi connectivity index (χ0v) is 13.7. The van der Waals surface area contributed by atoms with E-state index in [1.807, 2.05) is 6.92 Å². The van der Waals surface area contributed by atoms with Crippen LogP contribution in [-0.2, 0) is 4.79 Å². The van der Waals surface area contributed by atoms with Gasteiger partial charge in [0.05, 0.1) is 17.0 Å². The Kier molecular flexibility index (Phi) is 8.04. The smallest absolute Gasteiger partial charge is 0.303 e. The van der Waals surface area contributed by atoms with Crippen molar-refractivity contribution in [3.8, 4) is 0 Å². The summed E-state index contributed by atoms with van der Waals surface area (Å²) < 4.78 is 62.7. The Morgan fingerprint density at radius 1 is 1.13 bits per heavy atom. The molecule has 23 heavy (non-hydrogen) atoms. The summed E-state index contributed by atoms with van der Waals surface area (Å²) in [4.78, 5) is 10.5. The minimum atomic E-state index is -2.60. The summed E-state index contributed by atoms with van der Waals surface area (Å²) in [5, 5.41) is 18.8. The quantitative estimate of drug-likeness (QED) is 0.262. The molecule has 0 spiro atoms. The van der Waals surface area contributed by atoms with Gasteiger partial charge in [-0.25, -0.2) is 0 Å². The van der Waals surface area contributed by atoms with Gasteiger partial charge in [0, 0.05) is 6.42 Å². The van der Waals surface area contributed by atoms with Crippen molar-refractivity contribution >= 4 is 5.97 Å². The number of hydrogen-bond acceptors (Lipinski definition) is 2. The van der Waals surface area contributed by atoms with Crippen molar-refractivity contribution in [2.24, 2.45) is 0 Å². The van der Waals surface area contributed by atoms with Crippen LogP contribution in [0.2, 0.25) is 0 Å². The molecule has 0 unspecified atom stereocenters. The highest BCUT2D eigenvalue weighted by Gasteiger charge is 1.94. The molecule has 0 amide bonds. The maximum atomic E-state index is 10.5. The Bertz CT molecular complexity index is 739. The number of carbonyl (C=O) groups is 1. The van der Waals surface area contributed by atoms with Crippen LogP contribution in [0.4, 0.5) is 0 Å². The van der Waals surface area contributed by atoms with E-state index >= 15 is 0 Å². The summed E-state index contributed by atoms with van der Waals surface area (Å²) in [5.41, 5.74) is 0. The highest BCUT2D eigenvalue weighted by atomic mass is 16.4. The van der Waals surface area contributed by atoms with Gasteiger partial charge >= 0.3 is 5.97 Å². The molecule has 0 bridgehead atoms. The zero-order valence-electron chi connectivity index (χ0n) is 21.7. The molecular weight excluding hydrogens is 288 g/mol. The lowest BCUT2D eigenvalue weighted by molar-refractivity contribution is -0.137. The van der Waals surface area contributed by atoms with E-state index in [1.54, 1.807) is 0 Å². The molecule has 3 heteroatoms. The summed E-state index contributed by atoms with van der Waals surface area (Å²) >= 11 is 0. The number of aliphatic carboxylic acids is 1. The van der Waals surface area contributed by atoms with Gasteiger partial charge in [-0.3, -0.25) is 4.79 Å². The van der Waals surface area contributed by atoms with Gasteiger partial charge in [-0.05, 0) is 38.5 Å². The number of unbranched alkanes of at least 4 members (excludes halogenated alkanes) is 2. The fourth-order valence-corrected chi connectivity index (χ4v) is 1.49. The number of rotatable bonds is 14.